The van der Waals surface area contributed by atoms with Crippen molar-refractivity contribution in [3.05, 3.63) is 281 Å². The van der Waals surface area contributed by atoms with Gasteiger partial charge >= 0.3 is 6.18 Å². The molecular weight excluding hydrogens is 1360 g/mol. The fraction of sp³-hybridized carbons (Fsp3) is 0.0864. The molecule has 10 N–H and O–H groups in total. The molecule has 5 aliphatic rings. The topological polar surface area (TPSA) is 291 Å². The van der Waals surface area contributed by atoms with Crippen LogP contribution in [0.1, 0.15) is 63.8 Å². The van der Waals surface area contributed by atoms with Crippen LogP contribution in [0, 0.1) is 6.57 Å². The van der Waals surface area contributed by atoms with E-state index in [9.17, 15) is 37.1 Å². The number of carbonyl (C=O) groups is 5. The molecule has 0 atom stereocenters. The van der Waals surface area contributed by atoms with E-state index in [0.29, 0.717) is 87.0 Å². The van der Waals surface area contributed by atoms with Gasteiger partial charge in [0.1, 0.15) is 12.3 Å². The number of benzene rings is 13. The Morgan fingerprint density at radius 2 is 0.698 bits per heavy atom. The molecule has 528 valence electrons. The van der Waals surface area contributed by atoms with E-state index in [0.717, 1.165) is 88.5 Å². The fourth-order valence-corrected chi connectivity index (χ4v) is 14.1. The lowest BCUT2D eigenvalue weighted by Crippen LogP contribution is -2.36. The Labute approximate surface area is 602 Å². The maximum Gasteiger partial charge on any atom is 0.406 e. The molecule has 5 amide bonds. The standard InChI is InChI=1S/C18H14N2O3.C18H14N2O2.C17H12N2O2.C15H13N3O2.C13H9F3N2O2/c1-22-13-8-6-12(7-9-13)20-14-4-2-3-11-5-10-15(23-19)17(16(11)14)18(20)21;19-22-15-10-9-13-7-4-8-14-16(13)17(15)18(21)20(14)11-12-5-2-1-3-6-12;18-21-14-10-9-11-5-4-8-13-15(11)16(14)17(20)19(13)12-6-2-1-3-7-12;1-17-8-3-9-18-11-5-2-4-10-6-7-12(20-16)14(13(10)11)15(18)19;14-13(15,16)6-18-8-3-1-2-7-4-5-9(20-17)11(10(7)8)12(18)19/h2-10H,19H2,1H3;1-10H,11,19H2;1-10H,18H2;2,4-7H,3,8-9,16H2;1-5H,6,17H2. The minimum absolute atomic E-state index is 0.0691. The molecule has 0 aliphatic carbocycles. The van der Waals surface area contributed by atoms with Gasteiger partial charge in [0.15, 0.2) is 28.7 Å². The highest BCUT2D eigenvalue weighted by Gasteiger charge is 2.42. The third-order valence-corrected chi connectivity index (χ3v) is 18.6. The largest absolute Gasteiger partial charge is 0.497 e. The van der Waals surface area contributed by atoms with Gasteiger partial charge in [-0.1, -0.05) is 140 Å². The SMILES string of the molecule is COc1ccc(N2C(=O)c3c(ON)ccc4cccc2c34)cc1.NOc1ccc2cccc3c2c1C(=O)N3CC(F)(F)F.NOc1ccc2cccc3c2c1C(=O)N3Cc1ccccc1.NOc1ccc2cccc3c2c1C(=O)N3c1ccccc1.[C-]#[N+]CCCN1C(=O)c2c(ON)ccc3cccc1c23. The van der Waals surface area contributed by atoms with Crippen LogP contribution >= 0.6 is 0 Å². The van der Waals surface area contributed by atoms with Crippen molar-refractivity contribution in [2.24, 2.45) is 29.5 Å². The van der Waals surface area contributed by atoms with E-state index in [1.807, 2.05) is 182 Å². The van der Waals surface area contributed by atoms with Crippen LogP contribution in [-0.2, 0) is 6.54 Å². The van der Waals surface area contributed by atoms with Gasteiger partial charge in [0.25, 0.3) is 29.5 Å². The van der Waals surface area contributed by atoms with Gasteiger partial charge in [-0.15, -0.1) is 0 Å². The van der Waals surface area contributed by atoms with Crippen molar-refractivity contribution in [3.63, 3.8) is 0 Å². The summed E-state index contributed by atoms with van der Waals surface area (Å²) >= 11 is 0. The molecule has 0 radical (unpaired) electrons. The summed E-state index contributed by atoms with van der Waals surface area (Å²) in [4.78, 5) is 98.4. The van der Waals surface area contributed by atoms with Crippen molar-refractivity contribution in [1.82, 2.24) is 0 Å². The molecule has 0 unspecified atom stereocenters. The van der Waals surface area contributed by atoms with Crippen LogP contribution in [0.3, 0.4) is 0 Å². The minimum atomic E-state index is -4.48. The number of methoxy groups -OCH3 is 1. The maximum absolute atomic E-state index is 13.0. The molecule has 18 rings (SSSR count). The molecule has 0 aromatic heterocycles. The Kier molecular flexibility index (Phi) is 19.0. The average molecular weight is 1420 g/mol. The van der Waals surface area contributed by atoms with E-state index >= 15 is 0 Å². The zero-order valence-electron chi connectivity index (χ0n) is 56.2. The zero-order valence-corrected chi connectivity index (χ0v) is 56.2. The van der Waals surface area contributed by atoms with Gasteiger partial charge < -0.3 is 43.6 Å². The van der Waals surface area contributed by atoms with Crippen LogP contribution in [0.2, 0.25) is 0 Å². The van der Waals surface area contributed by atoms with Crippen molar-refractivity contribution in [3.8, 4) is 34.5 Å². The molecule has 22 nitrogen and oxygen atoms in total. The number of alkyl halides is 3. The summed E-state index contributed by atoms with van der Waals surface area (Å²) in [5.41, 5.74) is 8.51. The molecule has 25 heteroatoms. The number of nitrogens with zero attached hydrogens (tertiary/aromatic N) is 6. The van der Waals surface area contributed by atoms with E-state index in [4.69, 9.17) is 60.1 Å². The molecular formula is C81H62F3N11O11. The lowest BCUT2D eigenvalue weighted by molar-refractivity contribution is -0.118. The molecule has 13 aromatic rings. The lowest BCUT2D eigenvalue weighted by Gasteiger charge is -2.19. The van der Waals surface area contributed by atoms with Crippen molar-refractivity contribution < 1.29 is 66.1 Å². The summed E-state index contributed by atoms with van der Waals surface area (Å²) in [6, 6.07) is 72.6. The number of hydrogen-bond acceptors (Lipinski definition) is 16. The monoisotopic (exact) mass is 1420 g/mol. The summed E-state index contributed by atoms with van der Waals surface area (Å²) in [5, 5.41) is 8.59. The van der Waals surface area contributed by atoms with Crippen molar-refractivity contribution in [2.45, 2.75) is 19.1 Å². The lowest BCUT2D eigenvalue weighted by atomic mass is 10.0. The summed E-state index contributed by atoms with van der Waals surface area (Å²) in [6.07, 6.45) is -3.83. The first-order chi connectivity index (χ1) is 51.5. The number of nitrogens with two attached hydrogens (primary N) is 5. The van der Waals surface area contributed by atoms with Gasteiger partial charge in [0.05, 0.1) is 69.9 Å². The number of carbonyl (C=O) groups excluding carboxylic acids is 5. The maximum atomic E-state index is 13.0. The Bertz CT molecular complexity index is 5730. The van der Waals surface area contributed by atoms with Crippen LogP contribution in [0.5, 0.6) is 34.5 Å². The second-order valence-electron chi connectivity index (χ2n) is 24.5. The van der Waals surface area contributed by atoms with Gasteiger partial charge in [0, 0.05) is 51.3 Å². The van der Waals surface area contributed by atoms with E-state index < -0.39 is 18.6 Å². The van der Waals surface area contributed by atoms with Crippen LogP contribution < -0.4 is 82.9 Å². The molecule has 13 aromatic carbocycles. The number of ether oxygens (including phenoxy) is 1. The molecule has 0 saturated heterocycles. The van der Waals surface area contributed by atoms with Crippen molar-refractivity contribution in [2.75, 3.05) is 51.2 Å². The number of hydrogen-bond donors (Lipinski definition) is 5. The van der Waals surface area contributed by atoms with Crippen LogP contribution in [0.25, 0.3) is 58.7 Å². The second kappa shape index (κ2) is 29.0. The molecule has 106 heavy (non-hydrogen) atoms. The number of rotatable bonds is 14. The predicted molar refractivity (Wildman–Crippen MR) is 399 cm³/mol. The summed E-state index contributed by atoms with van der Waals surface area (Å²) in [5.74, 6) is 27.5. The van der Waals surface area contributed by atoms with E-state index in [1.54, 1.807) is 69.2 Å². The van der Waals surface area contributed by atoms with E-state index in [1.165, 1.54) is 12.1 Å². The number of anilines is 7. The predicted octanol–water partition coefficient (Wildman–Crippen LogP) is 15.0. The summed E-state index contributed by atoms with van der Waals surface area (Å²) < 4.78 is 43.0. The van der Waals surface area contributed by atoms with Gasteiger partial charge in [-0.25, -0.2) is 6.57 Å². The fourth-order valence-electron chi connectivity index (χ4n) is 14.1. The molecule has 5 heterocycles. The van der Waals surface area contributed by atoms with Gasteiger partial charge in [-0.05, 0) is 130 Å². The Hall–Kier alpha value is -13.6. The average Bonchev–Trinajstić information content (AvgIpc) is 1.62. The van der Waals surface area contributed by atoms with Crippen LogP contribution in [0.15, 0.2) is 237 Å². The molecule has 0 spiro atoms. The quantitative estimate of drug-likeness (QED) is 0.0384. The summed E-state index contributed by atoms with van der Waals surface area (Å²) in [6.45, 7) is 6.94. The number of halogens is 3. The molecule has 0 fully saturated rings. The first kappa shape index (κ1) is 69.5. The highest BCUT2D eigenvalue weighted by molar-refractivity contribution is 6.32. The first-order valence-corrected chi connectivity index (χ1v) is 32.9. The molecule has 0 bridgehead atoms. The smallest absolute Gasteiger partial charge is 0.406 e. The van der Waals surface area contributed by atoms with Crippen LogP contribution in [-0.4, -0.2) is 62.5 Å². The third kappa shape index (κ3) is 12.4. The Morgan fingerprint density at radius 3 is 1.08 bits per heavy atom. The summed E-state index contributed by atoms with van der Waals surface area (Å²) in [7, 11) is 1.61. The number of para-hydroxylation sites is 1. The number of amides is 5. The van der Waals surface area contributed by atoms with Crippen molar-refractivity contribution >= 4 is 123 Å². The normalized spacial score (nSPS) is 13.1. The molecule has 0 saturated carbocycles. The van der Waals surface area contributed by atoms with E-state index in [-0.39, 0.29) is 40.6 Å². The molecule has 5 aliphatic heterocycles. The van der Waals surface area contributed by atoms with Gasteiger partial charge in [0.2, 0.25) is 6.54 Å². The first-order valence-electron chi connectivity index (χ1n) is 32.9. The minimum Gasteiger partial charge on any atom is -0.497 e. The van der Waals surface area contributed by atoms with Crippen LogP contribution in [0.4, 0.5) is 53.0 Å². The highest BCUT2D eigenvalue weighted by Crippen LogP contribution is 2.49. The van der Waals surface area contributed by atoms with Gasteiger partial charge in [-0.3, -0.25) is 38.7 Å². The Morgan fingerprint density at radius 1 is 0.368 bits per heavy atom. The second-order valence-corrected chi connectivity index (χ2v) is 24.5. The zero-order chi connectivity index (χ0) is 74.1. The van der Waals surface area contributed by atoms with Crippen molar-refractivity contribution in [1.29, 1.82) is 0 Å². The highest BCUT2D eigenvalue weighted by atomic mass is 19.4. The Balaban J connectivity index is 0.000000111. The van der Waals surface area contributed by atoms with E-state index in [2.05, 4.69) is 9.68 Å². The third-order valence-electron chi connectivity index (χ3n) is 18.6. The van der Waals surface area contributed by atoms with Gasteiger partial charge in [-0.2, -0.15) is 42.7 Å².